The van der Waals surface area contributed by atoms with Crippen LogP contribution in [-0.2, 0) is 4.79 Å². The average molecular weight is 516 g/mol. The van der Waals surface area contributed by atoms with Crippen LogP contribution in [0.5, 0.6) is 11.5 Å². The molecule has 0 radical (unpaired) electrons. The molecule has 0 fully saturated rings. The number of hydrogen-bond donors (Lipinski definition) is 2. The van der Waals surface area contributed by atoms with E-state index in [1.165, 1.54) is 0 Å². The van der Waals surface area contributed by atoms with E-state index in [1.54, 1.807) is 23.9 Å². The number of rotatable bonds is 7. The first-order chi connectivity index (χ1) is 18.0. The maximum Gasteiger partial charge on any atom is 0.255 e. The number of nitrogens with one attached hydrogen (secondary N) is 2. The fourth-order valence-corrected chi connectivity index (χ4v) is 4.54. The lowest BCUT2D eigenvalue weighted by Crippen LogP contribution is -2.31. The molecular weight excluding hydrogens is 490 g/mol. The van der Waals surface area contributed by atoms with Crippen LogP contribution >= 0.6 is 11.6 Å². The highest BCUT2D eigenvalue weighted by molar-refractivity contribution is 6.30. The van der Waals surface area contributed by atoms with Crippen molar-refractivity contribution in [2.24, 2.45) is 0 Å². The zero-order valence-electron chi connectivity index (χ0n) is 20.7. The van der Waals surface area contributed by atoms with Crippen LogP contribution < -0.4 is 20.1 Å². The molecule has 0 saturated heterocycles. The van der Waals surface area contributed by atoms with Gasteiger partial charge in [0.2, 0.25) is 5.95 Å². The van der Waals surface area contributed by atoms with E-state index in [0.29, 0.717) is 51.9 Å². The standard InChI is InChI=1S/C28H26ClN5O3/c1-4-37-22-14-13-18(16-23(22)36-3)25-24(27(35)31-21-11-6-5-7-12-21)17(2)30-28-32-26(33-34(25)28)19-9-8-10-20(29)15-19/h5-16,25H,4H2,1-3H3,(H,31,35)(H,30,32,33). The Morgan fingerprint density at radius 1 is 1.08 bits per heavy atom. The number of fused-ring (bicyclic) bond motifs is 1. The van der Waals surface area contributed by atoms with Gasteiger partial charge in [0.05, 0.1) is 19.3 Å². The summed E-state index contributed by atoms with van der Waals surface area (Å²) in [5, 5.41) is 11.7. The Bertz CT molecular complexity index is 1480. The number of anilines is 2. The summed E-state index contributed by atoms with van der Waals surface area (Å²) in [4.78, 5) is 18.4. The number of hydrogen-bond acceptors (Lipinski definition) is 6. The molecule has 4 aromatic rings. The second-order valence-corrected chi connectivity index (χ2v) is 8.88. The van der Waals surface area contributed by atoms with E-state index in [0.717, 1.165) is 11.1 Å². The highest BCUT2D eigenvalue weighted by Crippen LogP contribution is 2.40. The van der Waals surface area contributed by atoms with Crippen molar-refractivity contribution in [2.45, 2.75) is 19.9 Å². The first kappa shape index (κ1) is 24.4. The summed E-state index contributed by atoms with van der Waals surface area (Å²) < 4.78 is 13.0. The van der Waals surface area contributed by atoms with E-state index in [9.17, 15) is 4.79 Å². The third-order valence-corrected chi connectivity index (χ3v) is 6.25. The number of ether oxygens (including phenoxy) is 2. The smallest absolute Gasteiger partial charge is 0.255 e. The molecule has 1 amide bonds. The lowest BCUT2D eigenvalue weighted by molar-refractivity contribution is -0.113. The summed E-state index contributed by atoms with van der Waals surface area (Å²) in [6.07, 6.45) is 0. The molecule has 1 aliphatic heterocycles. The van der Waals surface area contributed by atoms with Gasteiger partial charge >= 0.3 is 0 Å². The molecule has 188 valence electrons. The van der Waals surface area contributed by atoms with Crippen molar-refractivity contribution in [1.29, 1.82) is 0 Å². The van der Waals surface area contributed by atoms with Crippen molar-refractivity contribution in [1.82, 2.24) is 14.8 Å². The van der Waals surface area contributed by atoms with Crippen LogP contribution in [0.4, 0.5) is 11.6 Å². The first-order valence-electron chi connectivity index (χ1n) is 11.9. The summed E-state index contributed by atoms with van der Waals surface area (Å²) in [5.41, 5.74) is 3.43. The van der Waals surface area contributed by atoms with Crippen molar-refractivity contribution in [3.8, 4) is 22.9 Å². The molecule has 1 aliphatic rings. The number of allylic oxidation sites excluding steroid dienone is 1. The third-order valence-electron chi connectivity index (χ3n) is 6.01. The van der Waals surface area contributed by atoms with E-state index >= 15 is 0 Å². The van der Waals surface area contributed by atoms with Crippen LogP contribution in [-0.4, -0.2) is 34.4 Å². The molecular formula is C28H26ClN5O3. The number of carbonyl (C=O) groups excluding carboxylic acids is 1. The highest BCUT2D eigenvalue weighted by atomic mass is 35.5. The van der Waals surface area contributed by atoms with Gasteiger partial charge in [0.15, 0.2) is 17.3 Å². The number of para-hydroxylation sites is 1. The van der Waals surface area contributed by atoms with Gasteiger partial charge in [-0.05, 0) is 55.8 Å². The van der Waals surface area contributed by atoms with Gasteiger partial charge in [0, 0.05) is 22.0 Å². The molecule has 37 heavy (non-hydrogen) atoms. The predicted molar refractivity (Wildman–Crippen MR) is 144 cm³/mol. The molecule has 3 aromatic carbocycles. The van der Waals surface area contributed by atoms with Gasteiger partial charge in [-0.15, -0.1) is 5.10 Å². The van der Waals surface area contributed by atoms with Crippen LogP contribution in [0.1, 0.15) is 25.5 Å². The Hall–Kier alpha value is -4.30. The van der Waals surface area contributed by atoms with Crippen LogP contribution in [0, 0.1) is 0 Å². The van der Waals surface area contributed by atoms with Gasteiger partial charge in [-0.2, -0.15) is 4.98 Å². The van der Waals surface area contributed by atoms with Gasteiger partial charge in [0.25, 0.3) is 5.91 Å². The van der Waals surface area contributed by atoms with Gasteiger partial charge in [-0.25, -0.2) is 4.68 Å². The Morgan fingerprint density at radius 3 is 2.62 bits per heavy atom. The van der Waals surface area contributed by atoms with E-state index in [-0.39, 0.29) is 5.91 Å². The number of carbonyl (C=O) groups is 1. The summed E-state index contributed by atoms with van der Waals surface area (Å²) in [7, 11) is 1.59. The Kier molecular flexibility index (Phi) is 6.83. The minimum absolute atomic E-state index is 0.250. The molecule has 8 nitrogen and oxygen atoms in total. The van der Waals surface area contributed by atoms with E-state index in [1.807, 2.05) is 74.5 Å². The van der Waals surface area contributed by atoms with Crippen LogP contribution in [0.25, 0.3) is 11.4 Å². The molecule has 1 atom stereocenters. The normalized spacial score (nSPS) is 14.5. The molecule has 0 aliphatic carbocycles. The Morgan fingerprint density at radius 2 is 1.89 bits per heavy atom. The number of benzene rings is 3. The van der Waals surface area contributed by atoms with E-state index in [2.05, 4.69) is 10.6 Å². The van der Waals surface area contributed by atoms with Crippen molar-refractivity contribution < 1.29 is 14.3 Å². The lowest BCUT2D eigenvalue weighted by Gasteiger charge is -2.29. The average Bonchev–Trinajstić information content (AvgIpc) is 3.32. The topological polar surface area (TPSA) is 90.3 Å². The Labute approximate surface area is 219 Å². The van der Waals surface area contributed by atoms with Crippen molar-refractivity contribution >= 4 is 29.1 Å². The van der Waals surface area contributed by atoms with Crippen molar-refractivity contribution in [3.63, 3.8) is 0 Å². The van der Waals surface area contributed by atoms with Crippen LogP contribution in [0.15, 0.2) is 84.1 Å². The van der Waals surface area contributed by atoms with Gasteiger partial charge < -0.3 is 20.1 Å². The Balaban J connectivity index is 1.63. The molecule has 5 rings (SSSR count). The van der Waals surface area contributed by atoms with Gasteiger partial charge in [0.1, 0.15) is 6.04 Å². The second kappa shape index (κ2) is 10.4. The zero-order valence-corrected chi connectivity index (χ0v) is 21.4. The van der Waals surface area contributed by atoms with Gasteiger partial charge in [-0.3, -0.25) is 4.79 Å². The largest absolute Gasteiger partial charge is 0.493 e. The molecule has 9 heteroatoms. The fraction of sp³-hybridized carbons (Fsp3) is 0.179. The summed E-state index contributed by atoms with van der Waals surface area (Å²) in [6.45, 7) is 4.27. The van der Waals surface area contributed by atoms with Crippen molar-refractivity contribution in [3.05, 3.63) is 94.7 Å². The van der Waals surface area contributed by atoms with Gasteiger partial charge in [-0.1, -0.05) is 48.0 Å². The maximum atomic E-state index is 13.7. The minimum atomic E-state index is -0.579. The monoisotopic (exact) mass is 515 g/mol. The van der Waals surface area contributed by atoms with E-state index < -0.39 is 6.04 Å². The molecule has 0 spiro atoms. The molecule has 1 unspecified atom stereocenters. The number of methoxy groups -OCH3 is 1. The van der Waals surface area contributed by atoms with E-state index in [4.69, 9.17) is 31.2 Å². The number of aromatic nitrogens is 3. The summed E-state index contributed by atoms with van der Waals surface area (Å²) in [6, 6.07) is 21.7. The molecule has 2 N–H and O–H groups in total. The van der Waals surface area contributed by atoms with Crippen LogP contribution in [0.2, 0.25) is 5.02 Å². The van der Waals surface area contributed by atoms with Crippen LogP contribution in [0.3, 0.4) is 0 Å². The molecule has 0 saturated carbocycles. The SMILES string of the molecule is CCOc1ccc(C2C(C(=O)Nc3ccccc3)=C(C)Nc3nc(-c4cccc(Cl)c4)nn32)cc1OC. The number of nitrogens with zero attached hydrogens (tertiary/aromatic N) is 3. The second-order valence-electron chi connectivity index (χ2n) is 8.44. The summed E-state index contributed by atoms with van der Waals surface area (Å²) >= 11 is 6.22. The molecule has 1 aromatic heterocycles. The maximum absolute atomic E-state index is 13.7. The quantitative estimate of drug-likeness (QED) is 0.317. The minimum Gasteiger partial charge on any atom is -0.493 e. The number of amides is 1. The predicted octanol–water partition coefficient (Wildman–Crippen LogP) is 5.93. The lowest BCUT2D eigenvalue weighted by atomic mass is 9.94. The number of halogens is 1. The fourth-order valence-electron chi connectivity index (χ4n) is 4.35. The highest BCUT2D eigenvalue weighted by Gasteiger charge is 2.35. The third kappa shape index (κ3) is 4.88. The zero-order chi connectivity index (χ0) is 25.9. The molecule has 0 bridgehead atoms. The molecule has 2 heterocycles. The first-order valence-corrected chi connectivity index (χ1v) is 12.2. The van der Waals surface area contributed by atoms with Crippen molar-refractivity contribution in [2.75, 3.05) is 24.4 Å². The summed E-state index contributed by atoms with van der Waals surface area (Å²) in [5.74, 6) is 1.94.